The van der Waals surface area contributed by atoms with E-state index >= 15 is 0 Å². The van der Waals surface area contributed by atoms with E-state index in [2.05, 4.69) is 87.6 Å². The molecule has 2 bridgehead atoms. The summed E-state index contributed by atoms with van der Waals surface area (Å²) in [5, 5.41) is 3.93. The standard InChI is InChI=1S/C26H35NO/c1-5-28-26(19-22-15-17-25(26,4)24(22,2)3)27-18-16-21-13-9-10-14-23(21)20-11-7-6-8-12-20/h6-14,22,27H,5,15-19H2,1-4H3/t22-,25-,26+/m1/s1. The Morgan fingerprint density at radius 1 is 1.00 bits per heavy atom. The Hall–Kier alpha value is -1.64. The van der Waals surface area contributed by atoms with Crippen LogP contribution in [-0.2, 0) is 11.2 Å². The lowest BCUT2D eigenvalue weighted by molar-refractivity contribution is -0.156. The normalized spacial score (nSPS) is 30.6. The van der Waals surface area contributed by atoms with Crippen molar-refractivity contribution >= 4 is 0 Å². The topological polar surface area (TPSA) is 21.3 Å². The Balaban J connectivity index is 1.53. The third-order valence-electron chi connectivity index (χ3n) is 8.16. The van der Waals surface area contributed by atoms with Gasteiger partial charge in [-0.3, -0.25) is 5.32 Å². The molecule has 2 aliphatic rings. The molecular formula is C26H35NO. The third kappa shape index (κ3) is 2.93. The molecule has 4 rings (SSSR count). The fourth-order valence-corrected chi connectivity index (χ4v) is 6.07. The minimum Gasteiger partial charge on any atom is -0.360 e. The van der Waals surface area contributed by atoms with E-state index in [0.29, 0.717) is 5.41 Å². The maximum Gasteiger partial charge on any atom is 0.125 e. The quantitative estimate of drug-likeness (QED) is 0.592. The summed E-state index contributed by atoms with van der Waals surface area (Å²) in [6, 6.07) is 19.5. The number of rotatable bonds is 7. The molecule has 0 radical (unpaired) electrons. The molecule has 2 aromatic carbocycles. The van der Waals surface area contributed by atoms with Crippen LogP contribution in [0.3, 0.4) is 0 Å². The van der Waals surface area contributed by atoms with Crippen molar-refractivity contribution in [1.29, 1.82) is 0 Å². The van der Waals surface area contributed by atoms with Crippen LogP contribution >= 0.6 is 0 Å². The molecule has 2 aromatic rings. The van der Waals surface area contributed by atoms with E-state index in [1.54, 1.807) is 0 Å². The highest BCUT2D eigenvalue weighted by atomic mass is 16.5. The van der Waals surface area contributed by atoms with Crippen LogP contribution in [0.25, 0.3) is 11.1 Å². The minimum atomic E-state index is -0.185. The number of hydrogen-bond acceptors (Lipinski definition) is 2. The number of nitrogens with one attached hydrogen (secondary N) is 1. The summed E-state index contributed by atoms with van der Waals surface area (Å²) in [4.78, 5) is 0. The van der Waals surface area contributed by atoms with E-state index in [4.69, 9.17) is 4.74 Å². The third-order valence-corrected chi connectivity index (χ3v) is 8.16. The summed E-state index contributed by atoms with van der Waals surface area (Å²) in [5.41, 5.74) is 4.38. The summed E-state index contributed by atoms with van der Waals surface area (Å²) in [6.45, 7) is 11.2. The van der Waals surface area contributed by atoms with E-state index in [-0.39, 0.29) is 11.1 Å². The Labute approximate surface area is 170 Å². The van der Waals surface area contributed by atoms with Crippen LogP contribution in [0.15, 0.2) is 54.6 Å². The highest BCUT2D eigenvalue weighted by molar-refractivity contribution is 5.67. The van der Waals surface area contributed by atoms with E-state index in [1.807, 2.05) is 0 Å². The Kier molecular flexibility index (Phi) is 5.14. The molecule has 0 aromatic heterocycles. The zero-order valence-corrected chi connectivity index (χ0v) is 17.9. The van der Waals surface area contributed by atoms with Gasteiger partial charge in [0, 0.05) is 18.6 Å². The first-order chi connectivity index (χ1) is 13.4. The van der Waals surface area contributed by atoms with Crippen LogP contribution in [0.4, 0.5) is 0 Å². The van der Waals surface area contributed by atoms with Crippen LogP contribution in [0.2, 0.25) is 0 Å². The van der Waals surface area contributed by atoms with Crippen LogP contribution in [0.5, 0.6) is 0 Å². The van der Waals surface area contributed by atoms with Gasteiger partial charge in [0.15, 0.2) is 0 Å². The lowest BCUT2D eigenvalue weighted by Crippen LogP contribution is -2.59. The number of hydrogen-bond donors (Lipinski definition) is 1. The molecule has 2 nitrogen and oxygen atoms in total. The second-order valence-electron chi connectivity index (χ2n) is 9.45. The second-order valence-corrected chi connectivity index (χ2v) is 9.45. The first kappa shape index (κ1) is 19.7. The molecule has 2 heteroatoms. The SMILES string of the molecule is CCO[C@@]1(NCCc2ccccc2-c2ccccc2)C[C@H]2CC[C@]1(C)C2(C)C. The molecule has 28 heavy (non-hydrogen) atoms. The lowest BCUT2D eigenvalue weighted by Gasteiger charge is -2.48. The maximum absolute atomic E-state index is 6.50. The monoisotopic (exact) mass is 377 g/mol. The number of benzene rings is 2. The molecule has 2 aliphatic carbocycles. The molecule has 0 spiro atoms. The fourth-order valence-electron chi connectivity index (χ4n) is 6.07. The number of fused-ring (bicyclic) bond motifs is 2. The smallest absolute Gasteiger partial charge is 0.125 e. The first-order valence-electron chi connectivity index (χ1n) is 11.0. The van der Waals surface area contributed by atoms with Crippen molar-refractivity contribution in [2.45, 2.75) is 59.1 Å². The zero-order valence-electron chi connectivity index (χ0n) is 17.9. The van der Waals surface area contributed by atoms with Crippen molar-refractivity contribution in [3.8, 4) is 11.1 Å². The van der Waals surface area contributed by atoms with Gasteiger partial charge in [-0.25, -0.2) is 0 Å². The molecule has 3 atom stereocenters. The van der Waals surface area contributed by atoms with Gasteiger partial charge in [-0.05, 0) is 60.6 Å². The second kappa shape index (κ2) is 7.31. The Morgan fingerprint density at radius 2 is 1.71 bits per heavy atom. The predicted molar refractivity (Wildman–Crippen MR) is 117 cm³/mol. The molecular weight excluding hydrogens is 342 g/mol. The first-order valence-corrected chi connectivity index (χ1v) is 11.0. The zero-order chi connectivity index (χ0) is 19.8. The van der Waals surface area contributed by atoms with Crippen LogP contribution in [0, 0.1) is 16.7 Å². The van der Waals surface area contributed by atoms with Crippen molar-refractivity contribution in [2.24, 2.45) is 16.7 Å². The van der Waals surface area contributed by atoms with Gasteiger partial charge in [0.2, 0.25) is 0 Å². The highest BCUT2D eigenvalue weighted by Gasteiger charge is 2.69. The largest absolute Gasteiger partial charge is 0.360 e. The van der Waals surface area contributed by atoms with Gasteiger partial charge < -0.3 is 4.74 Å². The van der Waals surface area contributed by atoms with Crippen molar-refractivity contribution in [1.82, 2.24) is 5.32 Å². The van der Waals surface area contributed by atoms with Gasteiger partial charge in [-0.15, -0.1) is 0 Å². The van der Waals surface area contributed by atoms with Crippen molar-refractivity contribution in [2.75, 3.05) is 13.2 Å². The van der Waals surface area contributed by atoms with E-state index < -0.39 is 0 Å². The molecule has 0 aliphatic heterocycles. The highest BCUT2D eigenvalue weighted by Crippen LogP contribution is 2.69. The maximum atomic E-state index is 6.50. The number of ether oxygens (including phenoxy) is 1. The van der Waals surface area contributed by atoms with Gasteiger partial charge in [0.1, 0.15) is 5.72 Å². The van der Waals surface area contributed by atoms with Crippen molar-refractivity contribution in [3.63, 3.8) is 0 Å². The fraction of sp³-hybridized carbons (Fsp3) is 0.538. The molecule has 150 valence electrons. The summed E-state index contributed by atoms with van der Waals surface area (Å²) < 4.78 is 6.50. The van der Waals surface area contributed by atoms with Gasteiger partial charge in [-0.1, -0.05) is 75.4 Å². The molecule has 0 saturated heterocycles. The summed E-state index contributed by atoms with van der Waals surface area (Å²) in [7, 11) is 0. The van der Waals surface area contributed by atoms with Crippen LogP contribution in [0.1, 0.15) is 52.5 Å². The molecule has 1 N–H and O–H groups in total. The summed E-state index contributed by atoms with van der Waals surface area (Å²) >= 11 is 0. The van der Waals surface area contributed by atoms with E-state index in [9.17, 15) is 0 Å². The van der Waals surface area contributed by atoms with Gasteiger partial charge in [-0.2, -0.15) is 0 Å². The molecule has 2 saturated carbocycles. The summed E-state index contributed by atoms with van der Waals surface area (Å²) in [5.74, 6) is 0.758. The summed E-state index contributed by atoms with van der Waals surface area (Å²) in [6.07, 6.45) is 4.76. The average molecular weight is 378 g/mol. The van der Waals surface area contributed by atoms with Crippen LogP contribution < -0.4 is 5.32 Å². The van der Waals surface area contributed by atoms with Gasteiger partial charge in [0.25, 0.3) is 0 Å². The molecule has 2 fully saturated rings. The van der Waals surface area contributed by atoms with Crippen molar-refractivity contribution < 1.29 is 4.74 Å². The van der Waals surface area contributed by atoms with E-state index in [0.717, 1.165) is 31.9 Å². The molecule has 0 heterocycles. The van der Waals surface area contributed by atoms with Crippen molar-refractivity contribution in [3.05, 3.63) is 60.2 Å². The lowest BCUT2D eigenvalue weighted by atomic mass is 9.67. The predicted octanol–water partition coefficient (Wildman–Crippen LogP) is 6.06. The van der Waals surface area contributed by atoms with Crippen LogP contribution in [-0.4, -0.2) is 18.9 Å². The van der Waals surface area contributed by atoms with Gasteiger partial charge in [0.05, 0.1) is 0 Å². The van der Waals surface area contributed by atoms with E-state index in [1.165, 1.54) is 29.5 Å². The molecule has 0 unspecified atom stereocenters. The average Bonchev–Trinajstić information content (AvgIpc) is 3.02. The Morgan fingerprint density at radius 3 is 2.36 bits per heavy atom. The minimum absolute atomic E-state index is 0.185. The molecule has 0 amide bonds. The van der Waals surface area contributed by atoms with Gasteiger partial charge >= 0.3 is 0 Å². The Bertz CT molecular complexity index is 814.